The van der Waals surface area contributed by atoms with E-state index in [0.717, 1.165) is 11.3 Å². The Morgan fingerprint density at radius 2 is 1.87 bits per heavy atom. The second-order valence-electron chi connectivity index (χ2n) is 10.1. The number of halogens is 1. The molecule has 0 bridgehead atoms. The first-order valence-corrected chi connectivity index (χ1v) is 12.5. The van der Waals surface area contributed by atoms with Gasteiger partial charge in [-0.2, -0.15) is 5.10 Å². The van der Waals surface area contributed by atoms with Crippen LogP contribution in [-0.2, 0) is 23.2 Å². The van der Waals surface area contributed by atoms with E-state index in [4.69, 9.17) is 10.1 Å². The van der Waals surface area contributed by atoms with Crippen LogP contribution in [0.25, 0.3) is 22.6 Å². The van der Waals surface area contributed by atoms with Gasteiger partial charge in [0.1, 0.15) is 23.0 Å². The summed E-state index contributed by atoms with van der Waals surface area (Å²) in [5.41, 5.74) is 2.56. The molecule has 1 aliphatic rings. The smallest absolute Gasteiger partial charge is 0.235 e. The van der Waals surface area contributed by atoms with Gasteiger partial charge in [0, 0.05) is 35.6 Å². The standard InChI is InChI=1S/C29H24FN7O2/c1-16-13-17(10-12-31-16)14-21(38)24-22-25(35-28(39)29(22,2)3)34-26(33-24)23-19-8-6-11-32-27(19)37(36-23)15-18-7-4-5-9-20(18)30/h4-13H,14-15H2,1-3H3,(H,33,34,35,39). The van der Waals surface area contributed by atoms with Crippen LogP contribution in [0.1, 0.15) is 46.7 Å². The molecule has 6 rings (SSSR count). The maximum atomic E-state index is 14.4. The summed E-state index contributed by atoms with van der Waals surface area (Å²) in [6.07, 6.45) is 3.37. The Kier molecular flexibility index (Phi) is 5.75. The van der Waals surface area contributed by atoms with Gasteiger partial charge < -0.3 is 5.32 Å². The molecule has 0 aliphatic carbocycles. The lowest BCUT2D eigenvalue weighted by atomic mass is 9.84. The van der Waals surface area contributed by atoms with Gasteiger partial charge in [-0.25, -0.2) is 24.0 Å². The molecule has 10 heteroatoms. The first-order valence-electron chi connectivity index (χ1n) is 12.5. The quantitative estimate of drug-likeness (QED) is 0.329. The molecule has 1 aliphatic heterocycles. The number of fused-ring (bicyclic) bond motifs is 2. The Morgan fingerprint density at radius 1 is 1.05 bits per heavy atom. The summed E-state index contributed by atoms with van der Waals surface area (Å²) in [5.74, 6) is -0.416. The molecule has 5 heterocycles. The lowest BCUT2D eigenvalue weighted by molar-refractivity contribution is -0.119. The van der Waals surface area contributed by atoms with Crippen molar-refractivity contribution in [2.24, 2.45) is 0 Å². The van der Waals surface area contributed by atoms with Gasteiger partial charge in [0.25, 0.3) is 0 Å². The van der Waals surface area contributed by atoms with E-state index in [1.54, 1.807) is 61.3 Å². The van der Waals surface area contributed by atoms with Crippen LogP contribution in [0.4, 0.5) is 10.2 Å². The summed E-state index contributed by atoms with van der Waals surface area (Å²) in [6.45, 7) is 5.49. The highest BCUT2D eigenvalue weighted by Crippen LogP contribution is 2.40. The van der Waals surface area contributed by atoms with Gasteiger partial charge in [-0.15, -0.1) is 0 Å². The first kappa shape index (κ1) is 24.5. The zero-order valence-corrected chi connectivity index (χ0v) is 21.6. The summed E-state index contributed by atoms with van der Waals surface area (Å²) in [5, 5.41) is 8.16. The van der Waals surface area contributed by atoms with Crippen molar-refractivity contribution in [1.29, 1.82) is 0 Å². The average Bonchev–Trinajstić information content (AvgIpc) is 3.38. The number of amides is 1. The number of nitrogens with zero attached hydrogens (tertiary/aromatic N) is 6. The predicted molar refractivity (Wildman–Crippen MR) is 143 cm³/mol. The molecule has 4 aromatic heterocycles. The van der Waals surface area contributed by atoms with E-state index in [1.807, 2.05) is 19.1 Å². The zero-order chi connectivity index (χ0) is 27.3. The molecule has 0 saturated heterocycles. The second-order valence-corrected chi connectivity index (χ2v) is 10.1. The second kappa shape index (κ2) is 9.16. The number of aromatic nitrogens is 6. The van der Waals surface area contributed by atoms with Gasteiger partial charge in [-0.3, -0.25) is 14.6 Å². The Hall–Kier alpha value is -4.86. The Labute approximate surface area is 223 Å². The number of carbonyl (C=O) groups is 2. The Bertz CT molecular complexity index is 1790. The number of pyridine rings is 2. The first-order chi connectivity index (χ1) is 18.7. The fourth-order valence-electron chi connectivity index (χ4n) is 4.88. The fourth-order valence-corrected chi connectivity index (χ4v) is 4.88. The van der Waals surface area contributed by atoms with E-state index >= 15 is 0 Å². The van der Waals surface area contributed by atoms with Gasteiger partial charge in [0.2, 0.25) is 5.91 Å². The molecule has 0 atom stereocenters. The minimum Gasteiger partial charge on any atom is -0.310 e. The van der Waals surface area contributed by atoms with Crippen LogP contribution in [0.5, 0.6) is 0 Å². The van der Waals surface area contributed by atoms with Crippen LogP contribution in [-0.4, -0.2) is 41.4 Å². The molecule has 5 aromatic rings. The highest BCUT2D eigenvalue weighted by Gasteiger charge is 2.44. The van der Waals surface area contributed by atoms with E-state index in [0.29, 0.717) is 27.9 Å². The summed E-state index contributed by atoms with van der Waals surface area (Å²) >= 11 is 0. The molecule has 194 valence electrons. The topological polar surface area (TPSA) is 116 Å². The number of anilines is 1. The highest BCUT2D eigenvalue weighted by atomic mass is 19.1. The largest absolute Gasteiger partial charge is 0.310 e. The molecule has 1 aromatic carbocycles. The number of Topliss-reactive ketones (excluding diaryl/α,β-unsaturated/α-hetero) is 1. The number of hydrogen-bond donors (Lipinski definition) is 1. The van der Waals surface area contributed by atoms with E-state index in [9.17, 15) is 14.0 Å². The molecule has 1 amide bonds. The summed E-state index contributed by atoms with van der Waals surface area (Å²) in [7, 11) is 0. The predicted octanol–water partition coefficient (Wildman–Crippen LogP) is 4.43. The van der Waals surface area contributed by atoms with Crippen LogP contribution >= 0.6 is 0 Å². The molecular weight excluding hydrogens is 497 g/mol. The van der Waals surface area contributed by atoms with Crippen molar-refractivity contribution in [2.75, 3.05) is 5.32 Å². The van der Waals surface area contributed by atoms with Gasteiger partial charge in [-0.1, -0.05) is 18.2 Å². The number of hydrogen-bond acceptors (Lipinski definition) is 7. The molecule has 9 nitrogen and oxygen atoms in total. The van der Waals surface area contributed by atoms with Gasteiger partial charge in [-0.05, 0) is 56.7 Å². The summed E-state index contributed by atoms with van der Waals surface area (Å²) in [4.78, 5) is 44.6. The molecule has 39 heavy (non-hydrogen) atoms. The van der Waals surface area contributed by atoms with Crippen molar-refractivity contribution in [3.8, 4) is 11.5 Å². The van der Waals surface area contributed by atoms with Crippen molar-refractivity contribution in [2.45, 2.75) is 39.2 Å². The third-order valence-electron chi connectivity index (χ3n) is 6.92. The minimum atomic E-state index is -0.999. The van der Waals surface area contributed by atoms with Crippen LogP contribution in [0.15, 0.2) is 60.9 Å². The van der Waals surface area contributed by atoms with Crippen LogP contribution in [0, 0.1) is 12.7 Å². The molecule has 1 N–H and O–H groups in total. The van der Waals surface area contributed by atoms with Crippen LogP contribution in [0.3, 0.4) is 0 Å². The third kappa shape index (κ3) is 4.23. The third-order valence-corrected chi connectivity index (χ3v) is 6.92. The number of carbonyl (C=O) groups excluding carboxylic acids is 2. The van der Waals surface area contributed by atoms with Crippen molar-refractivity contribution >= 4 is 28.5 Å². The monoisotopic (exact) mass is 521 g/mol. The van der Waals surface area contributed by atoms with Crippen molar-refractivity contribution < 1.29 is 14.0 Å². The van der Waals surface area contributed by atoms with Crippen LogP contribution in [0.2, 0.25) is 0 Å². The molecule has 0 saturated carbocycles. The number of benzene rings is 1. The van der Waals surface area contributed by atoms with Gasteiger partial charge in [0.05, 0.1) is 17.3 Å². The maximum Gasteiger partial charge on any atom is 0.235 e. The molecule has 0 fully saturated rings. The molecule has 0 unspecified atom stereocenters. The molecule has 0 spiro atoms. The van der Waals surface area contributed by atoms with Gasteiger partial charge in [0.15, 0.2) is 17.3 Å². The Morgan fingerprint density at radius 3 is 2.67 bits per heavy atom. The van der Waals surface area contributed by atoms with E-state index in [1.165, 1.54) is 6.07 Å². The number of ketones is 1. The lowest BCUT2D eigenvalue weighted by Crippen LogP contribution is -2.29. The minimum absolute atomic E-state index is 0.0839. The average molecular weight is 522 g/mol. The van der Waals surface area contributed by atoms with E-state index in [2.05, 4.69) is 20.3 Å². The summed E-state index contributed by atoms with van der Waals surface area (Å²) in [6, 6.07) is 13.7. The SMILES string of the molecule is Cc1cc(CC(=O)c2nc(-c3nn(Cc4ccccc4F)c4ncccc34)nc3c2C(C)(C)C(=O)N3)ccn1. The highest BCUT2D eigenvalue weighted by molar-refractivity contribution is 6.10. The van der Waals surface area contributed by atoms with E-state index < -0.39 is 5.41 Å². The number of nitrogens with one attached hydrogen (secondary N) is 1. The maximum absolute atomic E-state index is 14.4. The normalized spacial score (nSPS) is 13.9. The van der Waals surface area contributed by atoms with Crippen molar-refractivity contribution in [3.63, 3.8) is 0 Å². The lowest BCUT2D eigenvalue weighted by Gasteiger charge is -2.18. The number of aryl methyl sites for hydroxylation is 1. The summed E-state index contributed by atoms with van der Waals surface area (Å²) < 4.78 is 16.0. The number of rotatable bonds is 6. The van der Waals surface area contributed by atoms with Gasteiger partial charge >= 0.3 is 0 Å². The van der Waals surface area contributed by atoms with Crippen molar-refractivity contribution in [1.82, 2.24) is 29.7 Å². The zero-order valence-electron chi connectivity index (χ0n) is 21.6. The van der Waals surface area contributed by atoms with Crippen molar-refractivity contribution in [3.05, 3.63) is 94.8 Å². The Balaban J connectivity index is 1.50. The molecule has 0 radical (unpaired) electrons. The van der Waals surface area contributed by atoms with E-state index in [-0.39, 0.29) is 47.8 Å². The van der Waals surface area contributed by atoms with Crippen LogP contribution < -0.4 is 5.32 Å². The fraction of sp³-hybridized carbons (Fsp3) is 0.207. The molecular formula is C29H24FN7O2.